The van der Waals surface area contributed by atoms with Crippen molar-refractivity contribution >= 4 is 34.8 Å². The molecule has 0 fully saturated rings. The second kappa shape index (κ2) is 9.71. The fourth-order valence-electron chi connectivity index (χ4n) is 3.70. The maximum atomic E-state index is 12.7. The average molecular weight is 414 g/mol. The number of nitrogens with zero attached hydrogens (tertiary/aromatic N) is 2. The lowest BCUT2D eigenvalue weighted by molar-refractivity contribution is -0.914. The number of anilines is 1. The Kier molecular flexibility index (Phi) is 7.06. The molecule has 154 valence electrons. The highest BCUT2D eigenvalue weighted by atomic mass is 32.1. The van der Waals surface area contributed by atoms with Gasteiger partial charge in [-0.1, -0.05) is 31.2 Å². The van der Waals surface area contributed by atoms with Crippen LogP contribution >= 0.6 is 12.2 Å². The van der Waals surface area contributed by atoms with Gasteiger partial charge in [-0.25, -0.2) is 0 Å². The predicted molar refractivity (Wildman–Crippen MR) is 119 cm³/mol. The first-order valence-electron chi connectivity index (χ1n) is 10.0. The molecule has 1 heterocycles. The highest BCUT2D eigenvalue weighted by Gasteiger charge is 2.18. The molecule has 6 nitrogen and oxygen atoms in total. The zero-order valence-electron chi connectivity index (χ0n) is 17.3. The number of para-hydroxylation sites is 4. The third-order valence-electron chi connectivity index (χ3n) is 5.02. The number of amides is 1. The van der Waals surface area contributed by atoms with Crippen LogP contribution in [0.1, 0.15) is 20.3 Å². The first kappa shape index (κ1) is 21.1. The Bertz CT molecular complexity index is 1040. The van der Waals surface area contributed by atoms with Crippen molar-refractivity contribution < 1.29 is 14.4 Å². The van der Waals surface area contributed by atoms with Gasteiger partial charge in [-0.2, -0.15) is 0 Å². The van der Waals surface area contributed by atoms with Crippen molar-refractivity contribution in [3.63, 3.8) is 0 Å². The minimum atomic E-state index is -0.0382. The van der Waals surface area contributed by atoms with Gasteiger partial charge in [0.15, 0.2) is 18.0 Å². The molecule has 1 amide bonds. The number of hydrogen-bond donors (Lipinski definition) is 2. The van der Waals surface area contributed by atoms with Crippen LogP contribution in [0.4, 0.5) is 5.69 Å². The Labute approximate surface area is 176 Å². The molecular formula is C22H29N4O2S+. The lowest BCUT2D eigenvalue weighted by Crippen LogP contribution is -3.12. The van der Waals surface area contributed by atoms with Gasteiger partial charge in [0.2, 0.25) is 0 Å². The van der Waals surface area contributed by atoms with E-state index in [1.807, 2.05) is 36.4 Å². The lowest BCUT2D eigenvalue weighted by atomic mass is 10.3. The number of imidazole rings is 1. The molecule has 7 heteroatoms. The second-order valence-corrected chi connectivity index (χ2v) is 7.39. The van der Waals surface area contributed by atoms with Gasteiger partial charge in [-0.15, -0.1) is 0 Å². The molecule has 0 aliphatic carbocycles. The summed E-state index contributed by atoms with van der Waals surface area (Å²) in [4.78, 5) is 13.9. The standard InChI is InChI=1S/C22H28N4O2S/c1-4-14-24(15-21(27)23-17-10-6-9-13-20(17)28-3)16-26-19-12-8-7-11-18(19)25(5-2)22(26)29/h6-13H,4-5,14-16H2,1-3H3,(H,23,27)/p+1. The van der Waals surface area contributed by atoms with Crippen molar-refractivity contribution in [2.24, 2.45) is 0 Å². The third kappa shape index (κ3) is 4.68. The van der Waals surface area contributed by atoms with Crippen molar-refractivity contribution in [1.82, 2.24) is 9.13 Å². The molecule has 29 heavy (non-hydrogen) atoms. The Morgan fingerprint density at radius 2 is 1.72 bits per heavy atom. The number of aromatic nitrogens is 2. The minimum absolute atomic E-state index is 0.0382. The maximum Gasteiger partial charge on any atom is 0.279 e. The molecule has 0 bridgehead atoms. The predicted octanol–water partition coefficient (Wildman–Crippen LogP) is 3.09. The Balaban J connectivity index is 1.81. The molecule has 0 saturated heterocycles. The molecular weight excluding hydrogens is 384 g/mol. The summed E-state index contributed by atoms with van der Waals surface area (Å²) in [6, 6.07) is 15.7. The molecule has 0 aliphatic heterocycles. The summed E-state index contributed by atoms with van der Waals surface area (Å²) in [7, 11) is 1.60. The van der Waals surface area contributed by atoms with Crippen LogP contribution in [0.3, 0.4) is 0 Å². The van der Waals surface area contributed by atoms with E-state index in [0.717, 1.165) is 40.2 Å². The third-order valence-corrected chi connectivity index (χ3v) is 5.46. The molecule has 1 aromatic heterocycles. The maximum absolute atomic E-state index is 12.7. The van der Waals surface area contributed by atoms with Crippen LogP contribution in [0.2, 0.25) is 0 Å². The summed E-state index contributed by atoms with van der Waals surface area (Å²) in [6.45, 7) is 6.95. The van der Waals surface area contributed by atoms with Gasteiger partial charge in [0, 0.05) is 6.54 Å². The number of ether oxygens (including phenoxy) is 1. The normalized spacial score (nSPS) is 12.1. The molecule has 1 unspecified atom stereocenters. The number of aryl methyl sites for hydroxylation is 1. The fourth-order valence-corrected chi connectivity index (χ4v) is 4.09. The summed E-state index contributed by atoms with van der Waals surface area (Å²) in [6.07, 6.45) is 0.983. The molecule has 2 aromatic carbocycles. The fraction of sp³-hybridized carbons (Fsp3) is 0.364. The van der Waals surface area contributed by atoms with Gasteiger partial charge >= 0.3 is 0 Å². The van der Waals surface area contributed by atoms with Crippen molar-refractivity contribution in [2.75, 3.05) is 25.5 Å². The summed E-state index contributed by atoms with van der Waals surface area (Å²) >= 11 is 5.74. The summed E-state index contributed by atoms with van der Waals surface area (Å²) in [5.74, 6) is 0.620. The summed E-state index contributed by atoms with van der Waals surface area (Å²) in [5, 5.41) is 2.98. The van der Waals surface area contributed by atoms with Crippen molar-refractivity contribution in [3.05, 3.63) is 53.3 Å². The first-order chi connectivity index (χ1) is 14.1. The van der Waals surface area contributed by atoms with Gasteiger partial charge in [-0.3, -0.25) is 9.36 Å². The van der Waals surface area contributed by atoms with Crippen molar-refractivity contribution in [3.8, 4) is 5.75 Å². The van der Waals surface area contributed by atoms with Crippen molar-refractivity contribution in [1.29, 1.82) is 0 Å². The zero-order chi connectivity index (χ0) is 20.8. The van der Waals surface area contributed by atoms with Crippen LogP contribution < -0.4 is 15.0 Å². The highest BCUT2D eigenvalue weighted by Crippen LogP contribution is 2.22. The van der Waals surface area contributed by atoms with Crippen LogP contribution in [0.15, 0.2) is 48.5 Å². The van der Waals surface area contributed by atoms with Gasteiger partial charge < -0.3 is 19.5 Å². The molecule has 2 N–H and O–H groups in total. The van der Waals surface area contributed by atoms with E-state index in [1.54, 1.807) is 7.11 Å². The van der Waals surface area contributed by atoms with E-state index in [1.165, 1.54) is 0 Å². The van der Waals surface area contributed by atoms with Crippen molar-refractivity contribution in [2.45, 2.75) is 33.5 Å². The zero-order valence-corrected chi connectivity index (χ0v) is 18.1. The van der Waals surface area contributed by atoms with E-state index in [0.29, 0.717) is 24.7 Å². The van der Waals surface area contributed by atoms with Crippen LogP contribution in [-0.4, -0.2) is 35.2 Å². The van der Waals surface area contributed by atoms with E-state index in [-0.39, 0.29) is 5.91 Å². The molecule has 0 saturated carbocycles. The average Bonchev–Trinajstić information content (AvgIpc) is 2.99. The number of carbonyl (C=O) groups excluding carboxylic acids is 1. The number of quaternary nitrogens is 1. The van der Waals surface area contributed by atoms with Crippen LogP contribution in [-0.2, 0) is 18.0 Å². The number of methoxy groups -OCH3 is 1. The topological polar surface area (TPSA) is 52.6 Å². The Hall–Kier alpha value is -2.64. The number of benzene rings is 2. The first-order valence-corrected chi connectivity index (χ1v) is 10.4. The molecule has 0 radical (unpaired) electrons. The number of rotatable bonds is 9. The van der Waals surface area contributed by atoms with E-state index in [9.17, 15) is 4.79 Å². The quantitative estimate of drug-likeness (QED) is 0.530. The Morgan fingerprint density at radius 3 is 2.38 bits per heavy atom. The lowest BCUT2D eigenvalue weighted by Gasteiger charge is -2.20. The van der Waals surface area contributed by atoms with Gasteiger partial charge in [0.1, 0.15) is 5.75 Å². The monoisotopic (exact) mass is 413 g/mol. The largest absolute Gasteiger partial charge is 0.495 e. The Morgan fingerprint density at radius 1 is 1.07 bits per heavy atom. The molecule has 3 rings (SSSR count). The highest BCUT2D eigenvalue weighted by molar-refractivity contribution is 7.71. The summed E-state index contributed by atoms with van der Waals surface area (Å²) in [5.41, 5.74) is 2.93. The number of nitrogens with one attached hydrogen (secondary N) is 2. The van der Waals surface area contributed by atoms with Gasteiger partial charge in [-0.05, 0) is 49.8 Å². The van der Waals surface area contributed by atoms with E-state index in [2.05, 4.69) is 40.4 Å². The van der Waals surface area contributed by atoms with Crippen LogP contribution in [0.5, 0.6) is 5.75 Å². The van der Waals surface area contributed by atoms with Crippen LogP contribution in [0.25, 0.3) is 11.0 Å². The number of fused-ring (bicyclic) bond motifs is 1. The molecule has 0 aliphatic rings. The van der Waals surface area contributed by atoms with Gasteiger partial charge in [0.25, 0.3) is 5.91 Å². The molecule has 1 atom stereocenters. The van der Waals surface area contributed by atoms with Gasteiger partial charge in [0.05, 0.1) is 30.4 Å². The van der Waals surface area contributed by atoms with E-state index in [4.69, 9.17) is 17.0 Å². The molecule has 3 aromatic rings. The van der Waals surface area contributed by atoms with E-state index < -0.39 is 0 Å². The minimum Gasteiger partial charge on any atom is -0.495 e. The number of hydrogen-bond acceptors (Lipinski definition) is 3. The SMILES string of the molecule is CCC[NH+](CC(=O)Nc1ccccc1OC)Cn1c(=S)n(CC)c2ccccc21. The van der Waals surface area contributed by atoms with Crippen LogP contribution in [0, 0.1) is 4.77 Å². The van der Waals surface area contributed by atoms with E-state index >= 15 is 0 Å². The smallest absolute Gasteiger partial charge is 0.279 e. The second-order valence-electron chi connectivity index (χ2n) is 7.03. The number of carbonyl (C=O) groups is 1. The summed E-state index contributed by atoms with van der Waals surface area (Å²) < 4.78 is 10.4. The molecule has 0 spiro atoms.